The van der Waals surface area contributed by atoms with Crippen LogP contribution in [0.5, 0.6) is 5.75 Å². The minimum Gasteiger partial charge on any atom is -0.492 e. The number of nitro groups is 1. The summed E-state index contributed by atoms with van der Waals surface area (Å²) in [5.74, 6) is -1.11. The topological polar surface area (TPSA) is 89.7 Å². The van der Waals surface area contributed by atoms with Crippen molar-refractivity contribution in [2.24, 2.45) is 0 Å². The first kappa shape index (κ1) is 14.0. The third kappa shape index (κ3) is 3.73. The van der Waals surface area contributed by atoms with E-state index in [1.165, 1.54) is 6.07 Å². The van der Waals surface area contributed by atoms with Gasteiger partial charge < -0.3 is 9.84 Å². The molecule has 0 spiro atoms. The highest BCUT2D eigenvalue weighted by molar-refractivity contribution is 5.91. The molecule has 0 saturated heterocycles. The lowest BCUT2D eigenvalue weighted by Gasteiger charge is -2.08. The average Bonchev–Trinajstić information content (AvgIpc) is 2.34. The van der Waals surface area contributed by atoms with Crippen molar-refractivity contribution in [3.05, 3.63) is 33.9 Å². The molecule has 98 valence electrons. The number of carboxylic acids is 1. The number of unbranched alkanes of at least 4 members (excludes halogenated alkanes) is 2. The average molecular weight is 253 g/mol. The number of benzene rings is 1. The van der Waals surface area contributed by atoms with Crippen LogP contribution in [0.2, 0.25) is 0 Å². The predicted molar refractivity (Wildman–Crippen MR) is 65.1 cm³/mol. The van der Waals surface area contributed by atoms with E-state index in [-0.39, 0.29) is 17.0 Å². The van der Waals surface area contributed by atoms with Crippen molar-refractivity contribution in [1.29, 1.82) is 0 Å². The Hall–Kier alpha value is -2.11. The van der Waals surface area contributed by atoms with Crippen LogP contribution in [0.15, 0.2) is 18.2 Å². The lowest BCUT2D eigenvalue weighted by atomic mass is 10.2. The van der Waals surface area contributed by atoms with Crippen LogP contribution in [0.4, 0.5) is 5.69 Å². The molecule has 1 aromatic carbocycles. The second-order valence-corrected chi connectivity index (χ2v) is 3.80. The molecule has 0 fully saturated rings. The molecule has 0 amide bonds. The standard InChI is InChI=1S/C12H15NO5/c1-2-3-4-7-18-11-8-9(13(16)17)5-6-10(11)12(14)15/h5-6,8H,2-4,7H2,1H3,(H,14,15). The summed E-state index contributed by atoms with van der Waals surface area (Å²) in [7, 11) is 0. The van der Waals surface area contributed by atoms with Crippen LogP contribution in [-0.4, -0.2) is 22.6 Å². The molecule has 0 saturated carbocycles. The minimum atomic E-state index is -1.16. The third-order valence-corrected chi connectivity index (χ3v) is 2.41. The molecule has 1 N–H and O–H groups in total. The fourth-order valence-electron chi connectivity index (χ4n) is 1.45. The van der Waals surface area contributed by atoms with Crippen molar-refractivity contribution in [1.82, 2.24) is 0 Å². The number of nitro benzene ring substituents is 1. The van der Waals surface area contributed by atoms with Gasteiger partial charge in [0, 0.05) is 6.07 Å². The van der Waals surface area contributed by atoms with E-state index in [9.17, 15) is 14.9 Å². The van der Waals surface area contributed by atoms with Crippen molar-refractivity contribution in [3.63, 3.8) is 0 Å². The number of carboxylic acid groups (broad SMARTS) is 1. The number of ether oxygens (including phenoxy) is 1. The Morgan fingerprint density at radius 1 is 1.44 bits per heavy atom. The number of carbonyl (C=O) groups is 1. The lowest BCUT2D eigenvalue weighted by Crippen LogP contribution is -2.05. The van der Waals surface area contributed by atoms with Crippen molar-refractivity contribution < 1.29 is 19.6 Å². The third-order valence-electron chi connectivity index (χ3n) is 2.41. The van der Waals surface area contributed by atoms with E-state index in [0.717, 1.165) is 31.4 Å². The summed E-state index contributed by atoms with van der Waals surface area (Å²) in [6, 6.07) is 3.49. The summed E-state index contributed by atoms with van der Waals surface area (Å²) in [5.41, 5.74) is -0.234. The fraction of sp³-hybridized carbons (Fsp3) is 0.417. The number of aromatic carboxylic acids is 1. The number of hydrogen-bond acceptors (Lipinski definition) is 4. The molecule has 6 heteroatoms. The molecule has 0 unspecified atom stereocenters. The second kappa shape index (κ2) is 6.58. The van der Waals surface area contributed by atoms with Gasteiger partial charge in [0.2, 0.25) is 0 Å². The molecule has 0 aromatic heterocycles. The smallest absolute Gasteiger partial charge is 0.339 e. The van der Waals surface area contributed by atoms with Gasteiger partial charge in [-0.15, -0.1) is 0 Å². The van der Waals surface area contributed by atoms with E-state index >= 15 is 0 Å². The summed E-state index contributed by atoms with van der Waals surface area (Å²) in [5, 5.41) is 19.6. The molecule has 0 aliphatic rings. The van der Waals surface area contributed by atoms with Gasteiger partial charge >= 0.3 is 5.97 Å². The highest BCUT2D eigenvalue weighted by Gasteiger charge is 2.16. The fourth-order valence-corrected chi connectivity index (χ4v) is 1.45. The molecule has 0 aliphatic heterocycles. The maximum atomic E-state index is 10.9. The van der Waals surface area contributed by atoms with Gasteiger partial charge in [-0.25, -0.2) is 4.79 Å². The Kier molecular flexibility index (Phi) is 5.10. The van der Waals surface area contributed by atoms with Gasteiger partial charge in [0.15, 0.2) is 0 Å². The van der Waals surface area contributed by atoms with Gasteiger partial charge in [-0.1, -0.05) is 19.8 Å². The molecular weight excluding hydrogens is 238 g/mol. The maximum absolute atomic E-state index is 10.9. The van der Waals surface area contributed by atoms with Crippen LogP contribution in [0.1, 0.15) is 36.5 Å². The molecule has 18 heavy (non-hydrogen) atoms. The van der Waals surface area contributed by atoms with Crippen molar-refractivity contribution in [2.45, 2.75) is 26.2 Å². The van der Waals surface area contributed by atoms with Gasteiger partial charge in [-0.2, -0.15) is 0 Å². The number of nitrogens with zero attached hydrogens (tertiary/aromatic N) is 1. The Balaban J connectivity index is 2.86. The first-order valence-electron chi connectivity index (χ1n) is 5.70. The van der Waals surface area contributed by atoms with Crippen LogP contribution in [0.3, 0.4) is 0 Å². The van der Waals surface area contributed by atoms with E-state index in [4.69, 9.17) is 9.84 Å². The van der Waals surface area contributed by atoms with Crippen LogP contribution in [0.25, 0.3) is 0 Å². The van der Waals surface area contributed by atoms with E-state index in [0.29, 0.717) is 6.61 Å². The van der Waals surface area contributed by atoms with E-state index in [1.54, 1.807) is 0 Å². The highest BCUT2D eigenvalue weighted by atomic mass is 16.6. The van der Waals surface area contributed by atoms with Crippen LogP contribution < -0.4 is 4.74 Å². The Bertz CT molecular complexity index is 444. The quantitative estimate of drug-likeness (QED) is 0.458. The summed E-state index contributed by atoms with van der Waals surface area (Å²) in [4.78, 5) is 21.0. The number of hydrogen-bond donors (Lipinski definition) is 1. The normalized spacial score (nSPS) is 10.1. The van der Waals surface area contributed by atoms with Gasteiger partial charge in [0.05, 0.1) is 17.6 Å². The summed E-state index contributed by atoms with van der Waals surface area (Å²) < 4.78 is 5.31. The second-order valence-electron chi connectivity index (χ2n) is 3.80. The number of rotatable bonds is 7. The Morgan fingerprint density at radius 3 is 2.72 bits per heavy atom. The van der Waals surface area contributed by atoms with E-state index in [2.05, 4.69) is 0 Å². The van der Waals surface area contributed by atoms with Crippen LogP contribution in [0, 0.1) is 10.1 Å². The highest BCUT2D eigenvalue weighted by Crippen LogP contribution is 2.25. The molecule has 0 radical (unpaired) electrons. The summed E-state index contributed by atoms with van der Waals surface area (Å²) >= 11 is 0. The zero-order valence-corrected chi connectivity index (χ0v) is 10.1. The van der Waals surface area contributed by atoms with Gasteiger partial charge in [0.25, 0.3) is 5.69 Å². The largest absolute Gasteiger partial charge is 0.492 e. The molecule has 0 aliphatic carbocycles. The van der Waals surface area contributed by atoms with Gasteiger partial charge in [-0.3, -0.25) is 10.1 Å². The van der Waals surface area contributed by atoms with Gasteiger partial charge in [-0.05, 0) is 12.5 Å². The molecule has 0 heterocycles. The number of non-ortho nitro benzene ring substituents is 1. The van der Waals surface area contributed by atoms with Crippen molar-refractivity contribution in [3.8, 4) is 5.75 Å². The molecule has 6 nitrogen and oxygen atoms in total. The summed E-state index contributed by atoms with van der Waals surface area (Å²) in [6.07, 6.45) is 2.78. The Morgan fingerprint density at radius 2 is 2.17 bits per heavy atom. The van der Waals surface area contributed by atoms with Gasteiger partial charge in [0.1, 0.15) is 11.3 Å². The van der Waals surface area contributed by atoms with Crippen molar-refractivity contribution in [2.75, 3.05) is 6.61 Å². The molecule has 0 atom stereocenters. The SMILES string of the molecule is CCCCCOc1cc([N+](=O)[O-])ccc1C(=O)O. The zero-order valence-electron chi connectivity index (χ0n) is 10.1. The first-order chi connectivity index (χ1) is 8.56. The lowest BCUT2D eigenvalue weighted by molar-refractivity contribution is -0.384. The summed E-state index contributed by atoms with van der Waals surface area (Å²) in [6.45, 7) is 2.39. The predicted octanol–water partition coefficient (Wildman–Crippen LogP) is 2.86. The molecule has 1 rings (SSSR count). The van der Waals surface area contributed by atoms with E-state index in [1.807, 2.05) is 6.92 Å². The van der Waals surface area contributed by atoms with Crippen molar-refractivity contribution >= 4 is 11.7 Å². The molecular formula is C12H15NO5. The molecule has 0 bridgehead atoms. The first-order valence-corrected chi connectivity index (χ1v) is 5.70. The monoisotopic (exact) mass is 253 g/mol. The van der Waals surface area contributed by atoms with Crippen LogP contribution in [-0.2, 0) is 0 Å². The maximum Gasteiger partial charge on any atom is 0.339 e. The minimum absolute atomic E-state index is 0.0489. The zero-order chi connectivity index (χ0) is 13.5. The Labute approximate surface area is 104 Å². The van der Waals surface area contributed by atoms with E-state index < -0.39 is 10.9 Å². The molecule has 1 aromatic rings. The van der Waals surface area contributed by atoms with Crippen LogP contribution >= 0.6 is 0 Å².